The first-order valence-electron chi connectivity index (χ1n) is 8.83. The van der Waals surface area contributed by atoms with E-state index in [0.717, 1.165) is 41.8 Å². The number of hydrogen-bond donors (Lipinski definition) is 2. The Morgan fingerprint density at radius 2 is 1.92 bits per heavy atom. The Balaban J connectivity index is 1.44. The van der Waals surface area contributed by atoms with Crippen LogP contribution in [0.4, 0.5) is 5.69 Å². The molecule has 2 N–H and O–H groups in total. The SMILES string of the molecule is CN1CCC(Oc2ccc(CNC(=S)Nc3cccc(Br)c3)cc2)CC1. The molecule has 0 saturated carbocycles. The molecule has 26 heavy (non-hydrogen) atoms. The van der Waals surface area contributed by atoms with Gasteiger partial charge < -0.3 is 20.3 Å². The molecule has 0 atom stereocenters. The summed E-state index contributed by atoms with van der Waals surface area (Å²) in [4.78, 5) is 2.35. The molecule has 0 radical (unpaired) electrons. The lowest BCUT2D eigenvalue weighted by atomic mass is 10.1. The van der Waals surface area contributed by atoms with Crippen molar-refractivity contribution in [1.82, 2.24) is 10.2 Å². The van der Waals surface area contributed by atoms with E-state index >= 15 is 0 Å². The van der Waals surface area contributed by atoms with Gasteiger partial charge >= 0.3 is 0 Å². The van der Waals surface area contributed by atoms with Crippen LogP contribution in [-0.2, 0) is 6.54 Å². The predicted octanol–water partition coefficient (Wildman–Crippen LogP) is 4.41. The van der Waals surface area contributed by atoms with Crippen LogP contribution in [0.15, 0.2) is 53.0 Å². The van der Waals surface area contributed by atoms with Gasteiger partial charge in [-0.3, -0.25) is 0 Å². The molecular weight excluding hydrogens is 410 g/mol. The number of nitrogens with zero attached hydrogens (tertiary/aromatic N) is 1. The summed E-state index contributed by atoms with van der Waals surface area (Å²) in [7, 11) is 2.16. The molecule has 1 aliphatic rings. The molecular formula is C20H24BrN3OS. The van der Waals surface area contributed by atoms with Crippen LogP contribution in [0.3, 0.4) is 0 Å². The Kier molecular flexibility index (Phi) is 6.88. The fourth-order valence-electron chi connectivity index (χ4n) is 2.90. The molecule has 0 spiro atoms. The van der Waals surface area contributed by atoms with Gasteiger partial charge in [0.05, 0.1) is 0 Å². The number of thiocarbonyl (C=S) groups is 1. The van der Waals surface area contributed by atoms with Gasteiger partial charge in [0.15, 0.2) is 5.11 Å². The Labute approximate surface area is 169 Å². The predicted molar refractivity (Wildman–Crippen MR) is 115 cm³/mol. The normalized spacial score (nSPS) is 15.5. The topological polar surface area (TPSA) is 36.5 Å². The quantitative estimate of drug-likeness (QED) is 0.682. The largest absolute Gasteiger partial charge is 0.490 e. The van der Waals surface area contributed by atoms with Gasteiger partial charge in [-0.25, -0.2) is 0 Å². The molecule has 0 aromatic heterocycles. The van der Waals surface area contributed by atoms with Gasteiger partial charge in [0.25, 0.3) is 0 Å². The average Bonchev–Trinajstić information content (AvgIpc) is 2.63. The number of ether oxygens (including phenoxy) is 1. The molecule has 0 aliphatic carbocycles. The van der Waals surface area contributed by atoms with Gasteiger partial charge in [-0.15, -0.1) is 0 Å². The van der Waals surface area contributed by atoms with Gasteiger partial charge in [0.2, 0.25) is 0 Å². The van der Waals surface area contributed by atoms with E-state index in [4.69, 9.17) is 17.0 Å². The van der Waals surface area contributed by atoms with E-state index in [1.165, 1.54) is 5.56 Å². The van der Waals surface area contributed by atoms with Gasteiger partial charge in [-0.2, -0.15) is 0 Å². The third-order valence-electron chi connectivity index (χ3n) is 4.43. The first kappa shape index (κ1) is 19.1. The Morgan fingerprint density at radius 1 is 1.19 bits per heavy atom. The number of anilines is 1. The maximum absolute atomic E-state index is 6.08. The molecule has 4 nitrogen and oxygen atoms in total. The lowest BCUT2D eigenvalue weighted by molar-refractivity contribution is 0.114. The molecule has 0 bridgehead atoms. The Hall–Kier alpha value is -1.63. The Morgan fingerprint density at radius 3 is 2.62 bits per heavy atom. The molecule has 1 aliphatic heterocycles. The van der Waals surface area contributed by atoms with Crippen molar-refractivity contribution in [2.75, 3.05) is 25.5 Å². The molecule has 2 aromatic carbocycles. The van der Waals surface area contributed by atoms with E-state index in [9.17, 15) is 0 Å². The maximum atomic E-state index is 6.08. The summed E-state index contributed by atoms with van der Waals surface area (Å²) in [6.07, 6.45) is 2.52. The summed E-state index contributed by atoms with van der Waals surface area (Å²) >= 11 is 8.81. The van der Waals surface area contributed by atoms with E-state index in [1.54, 1.807) is 0 Å². The fourth-order valence-corrected chi connectivity index (χ4v) is 3.49. The van der Waals surface area contributed by atoms with Crippen LogP contribution in [0.5, 0.6) is 5.75 Å². The first-order chi connectivity index (χ1) is 12.6. The van der Waals surface area contributed by atoms with E-state index in [2.05, 4.69) is 50.6 Å². The van der Waals surface area contributed by atoms with Gasteiger partial charge in [-0.1, -0.05) is 34.1 Å². The number of benzene rings is 2. The zero-order chi connectivity index (χ0) is 18.4. The zero-order valence-corrected chi connectivity index (χ0v) is 17.3. The van der Waals surface area contributed by atoms with Crippen molar-refractivity contribution in [2.45, 2.75) is 25.5 Å². The van der Waals surface area contributed by atoms with E-state index in [1.807, 2.05) is 36.4 Å². The second kappa shape index (κ2) is 9.35. The van der Waals surface area contributed by atoms with Crippen molar-refractivity contribution in [1.29, 1.82) is 0 Å². The molecule has 1 saturated heterocycles. The number of rotatable bonds is 5. The van der Waals surface area contributed by atoms with Crippen molar-refractivity contribution in [2.24, 2.45) is 0 Å². The van der Waals surface area contributed by atoms with Crippen molar-refractivity contribution >= 4 is 38.9 Å². The lowest BCUT2D eigenvalue weighted by Gasteiger charge is -2.29. The molecule has 2 aromatic rings. The lowest BCUT2D eigenvalue weighted by Crippen LogP contribution is -2.35. The highest BCUT2D eigenvalue weighted by molar-refractivity contribution is 9.10. The zero-order valence-electron chi connectivity index (χ0n) is 14.9. The molecule has 138 valence electrons. The van der Waals surface area contributed by atoms with E-state index in [0.29, 0.717) is 17.8 Å². The number of nitrogens with one attached hydrogen (secondary N) is 2. The molecule has 0 amide bonds. The maximum Gasteiger partial charge on any atom is 0.171 e. The number of hydrogen-bond acceptors (Lipinski definition) is 3. The van der Waals surface area contributed by atoms with Gasteiger partial charge in [0, 0.05) is 29.8 Å². The highest BCUT2D eigenvalue weighted by Gasteiger charge is 2.17. The third kappa shape index (κ3) is 5.97. The average molecular weight is 434 g/mol. The molecule has 3 rings (SSSR count). The molecule has 0 unspecified atom stereocenters. The molecule has 6 heteroatoms. The summed E-state index contributed by atoms with van der Waals surface area (Å²) < 4.78 is 7.10. The van der Waals surface area contributed by atoms with Crippen LogP contribution in [0.1, 0.15) is 18.4 Å². The summed E-state index contributed by atoms with van der Waals surface area (Å²) in [5.74, 6) is 0.943. The van der Waals surface area contributed by atoms with E-state index < -0.39 is 0 Å². The van der Waals surface area contributed by atoms with Crippen molar-refractivity contribution < 1.29 is 4.74 Å². The van der Waals surface area contributed by atoms with Crippen LogP contribution in [0.2, 0.25) is 0 Å². The van der Waals surface area contributed by atoms with Crippen LogP contribution in [-0.4, -0.2) is 36.3 Å². The second-order valence-electron chi connectivity index (χ2n) is 6.58. The first-order valence-corrected chi connectivity index (χ1v) is 10.0. The minimum atomic E-state index is 0.331. The summed E-state index contributed by atoms with van der Waals surface area (Å²) in [5, 5.41) is 7.02. The summed E-state index contributed by atoms with van der Waals surface area (Å²) in [6.45, 7) is 2.89. The number of piperidine rings is 1. The summed E-state index contributed by atoms with van der Waals surface area (Å²) in [5.41, 5.74) is 2.12. The van der Waals surface area contributed by atoms with Crippen LogP contribution in [0, 0.1) is 0 Å². The molecule has 1 heterocycles. The monoisotopic (exact) mass is 433 g/mol. The van der Waals surface area contributed by atoms with Gasteiger partial charge in [0.1, 0.15) is 11.9 Å². The van der Waals surface area contributed by atoms with Crippen molar-refractivity contribution in [3.05, 3.63) is 58.6 Å². The minimum absolute atomic E-state index is 0.331. The van der Waals surface area contributed by atoms with Crippen molar-refractivity contribution in [3.8, 4) is 5.75 Å². The molecule has 1 fully saturated rings. The van der Waals surface area contributed by atoms with Crippen LogP contribution in [0.25, 0.3) is 0 Å². The van der Waals surface area contributed by atoms with Gasteiger partial charge in [-0.05, 0) is 68.0 Å². The standard InChI is InChI=1S/C20H24BrN3OS/c1-24-11-9-19(10-12-24)25-18-7-5-15(6-8-18)14-22-20(26)23-17-4-2-3-16(21)13-17/h2-8,13,19H,9-12,14H2,1H3,(H2,22,23,26). The fraction of sp³-hybridized carbons (Fsp3) is 0.350. The van der Waals surface area contributed by atoms with Crippen LogP contribution < -0.4 is 15.4 Å². The minimum Gasteiger partial charge on any atom is -0.490 e. The summed E-state index contributed by atoms with van der Waals surface area (Å²) in [6, 6.07) is 16.2. The second-order valence-corrected chi connectivity index (χ2v) is 7.91. The highest BCUT2D eigenvalue weighted by Crippen LogP contribution is 2.19. The Bertz CT molecular complexity index is 730. The number of halogens is 1. The van der Waals surface area contributed by atoms with E-state index in [-0.39, 0.29) is 0 Å². The smallest absolute Gasteiger partial charge is 0.171 e. The van der Waals surface area contributed by atoms with Crippen LogP contribution >= 0.6 is 28.1 Å². The van der Waals surface area contributed by atoms with Crippen molar-refractivity contribution in [3.63, 3.8) is 0 Å². The third-order valence-corrected chi connectivity index (χ3v) is 5.17. The number of likely N-dealkylation sites (tertiary alicyclic amines) is 1. The highest BCUT2D eigenvalue weighted by atomic mass is 79.9.